The molecular weight excluding hydrogens is 580 g/mol. The van der Waals surface area contributed by atoms with E-state index in [4.69, 9.17) is 33.4 Å². The van der Waals surface area contributed by atoms with Gasteiger partial charge in [-0.25, -0.2) is 4.39 Å². The third-order valence-electron chi connectivity index (χ3n) is 6.67. The molecule has 1 aromatic rings. The highest BCUT2D eigenvalue weighted by Gasteiger charge is 2.39. The molecule has 0 aliphatic carbocycles. The molecule has 1 saturated heterocycles. The maximum Gasteiger partial charge on any atom is 0.211 e. The molecule has 3 atom stereocenters. The number of rotatable bonds is 15. The van der Waals surface area contributed by atoms with Gasteiger partial charge in [-0.3, -0.25) is 9.59 Å². The largest absolute Gasteiger partial charge is 0.396 e. The number of nitrogens with one attached hydrogen (secondary N) is 3. The quantitative estimate of drug-likeness (QED) is 0.112. The Balaban J connectivity index is 0.00000109. The summed E-state index contributed by atoms with van der Waals surface area (Å²) in [6.07, 6.45) is 11.5. The van der Waals surface area contributed by atoms with Crippen LogP contribution < -0.4 is 16.0 Å². The van der Waals surface area contributed by atoms with Gasteiger partial charge in [0.25, 0.3) is 0 Å². The van der Waals surface area contributed by atoms with Crippen LogP contribution in [0.4, 0.5) is 10.1 Å². The van der Waals surface area contributed by atoms with Crippen molar-refractivity contribution in [3.63, 3.8) is 0 Å². The summed E-state index contributed by atoms with van der Waals surface area (Å²) in [7, 11) is 0. The maximum atomic E-state index is 14.4. The Hall–Kier alpha value is -2.23. The summed E-state index contributed by atoms with van der Waals surface area (Å²) in [5, 5.41) is 26.5. The lowest BCUT2D eigenvalue weighted by Gasteiger charge is -2.31. The van der Waals surface area contributed by atoms with E-state index in [2.05, 4.69) is 49.4 Å². The number of allylic oxidation sites excluding steroid dienone is 5. The summed E-state index contributed by atoms with van der Waals surface area (Å²) in [5.41, 5.74) is 1.43. The van der Waals surface area contributed by atoms with Gasteiger partial charge in [-0.1, -0.05) is 82.6 Å². The Bertz CT molecular complexity index is 993. The molecule has 238 valence electrons. The third-order valence-corrected chi connectivity index (χ3v) is 7.24. The fraction of sp³-hybridized carbons (Fsp3) is 0.562. The predicted octanol–water partition coefficient (Wildman–Crippen LogP) is 6.55. The number of halogens is 3. The van der Waals surface area contributed by atoms with Gasteiger partial charge in [0.1, 0.15) is 5.82 Å². The summed E-state index contributed by atoms with van der Waals surface area (Å²) in [4.78, 5) is 21.0. The van der Waals surface area contributed by atoms with Crippen LogP contribution in [0.5, 0.6) is 0 Å². The molecule has 5 N–H and O–H groups in total. The van der Waals surface area contributed by atoms with E-state index in [1.54, 1.807) is 12.2 Å². The van der Waals surface area contributed by atoms with Gasteiger partial charge in [0, 0.05) is 42.4 Å². The molecule has 1 aliphatic heterocycles. The van der Waals surface area contributed by atoms with E-state index in [1.165, 1.54) is 12.1 Å². The second-order valence-electron chi connectivity index (χ2n) is 11.0. The lowest BCUT2D eigenvalue weighted by Crippen LogP contribution is -2.31. The van der Waals surface area contributed by atoms with Crippen molar-refractivity contribution in [3.8, 4) is 0 Å². The first-order chi connectivity index (χ1) is 20.0. The van der Waals surface area contributed by atoms with Crippen LogP contribution in [-0.2, 0) is 9.59 Å². The van der Waals surface area contributed by atoms with E-state index < -0.39 is 5.82 Å². The summed E-state index contributed by atoms with van der Waals surface area (Å²) in [6, 6.07) is 3.12. The number of anilines is 1. The van der Waals surface area contributed by atoms with Gasteiger partial charge in [0.05, 0.1) is 5.02 Å². The zero-order valence-electron chi connectivity index (χ0n) is 25.6. The minimum atomic E-state index is -0.477. The fourth-order valence-corrected chi connectivity index (χ4v) is 5.12. The Morgan fingerprint density at radius 3 is 2.36 bits per heavy atom. The predicted molar refractivity (Wildman–Crippen MR) is 173 cm³/mol. The van der Waals surface area contributed by atoms with Crippen molar-refractivity contribution >= 4 is 41.7 Å². The zero-order chi connectivity index (χ0) is 32.1. The smallest absolute Gasteiger partial charge is 0.211 e. The molecule has 1 aliphatic rings. The van der Waals surface area contributed by atoms with Gasteiger partial charge in [-0.2, -0.15) is 0 Å². The number of hydrogen-bond donors (Lipinski definition) is 5. The molecule has 2 rings (SSSR count). The number of aliphatic hydroxyl groups excluding tert-OH is 2. The van der Waals surface area contributed by atoms with Crippen molar-refractivity contribution in [3.05, 3.63) is 64.5 Å². The molecule has 10 heteroatoms. The number of carbonyl (C=O) groups is 2. The van der Waals surface area contributed by atoms with Crippen LogP contribution in [-0.4, -0.2) is 55.4 Å². The molecule has 0 bridgehead atoms. The van der Waals surface area contributed by atoms with E-state index in [9.17, 15) is 14.0 Å². The van der Waals surface area contributed by atoms with Gasteiger partial charge < -0.3 is 26.2 Å². The Morgan fingerprint density at radius 2 is 1.83 bits per heavy atom. The second-order valence-corrected chi connectivity index (χ2v) is 11.9. The van der Waals surface area contributed by atoms with E-state index in [0.29, 0.717) is 42.9 Å². The highest BCUT2D eigenvalue weighted by atomic mass is 35.5. The molecule has 2 amide bonds. The van der Waals surface area contributed by atoms with E-state index in [1.807, 2.05) is 19.9 Å². The Morgan fingerprint density at radius 1 is 1.19 bits per heavy atom. The molecule has 1 fully saturated rings. The Kier molecular flexibility index (Phi) is 21.1. The van der Waals surface area contributed by atoms with Crippen molar-refractivity contribution < 1.29 is 24.2 Å². The van der Waals surface area contributed by atoms with Crippen LogP contribution >= 0.6 is 23.2 Å². The van der Waals surface area contributed by atoms with Crippen LogP contribution in [0.3, 0.4) is 0 Å². The maximum absolute atomic E-state index is 14.4. The van der Waals surface area contributed by atoms with Crippen molar-refractivity contribution in [2.24, 2.45) is 17.3 Å². The molecule has 0 aromatic heterocycles. The second kappa shape index (κ2) is 22.3. The van der Waals surface area contributed by atoms with E-state index >= 15 is 0 Å². The zero-order valence-corrected chi connectivity index (χ0v) is 27.1. The lowest BCUT2D eigenvalue weighted by molar-refractivity contribution is -0.109. The van der Waals surface area contributed by atoms with Crippen molar-refractivity contribution in [2.45, 2.75) is 72.3 Å². The Labute approximate surface area is 261 Å². The molecule has 1 aromatic carbocycles. The van der Waals surface area contributed by atoms with Crippen LogP contribution in [0.25, 0.3) is 0 Å². The lowest BCUT2D eigenvalue weighted by atomic mass is 9.76. The summed E-state index contributed by atoms with van der Waals surface area (Å²) >= 11 is 11.9. The number of amides is 2. The molecule has 1 heterocycles. The number of aliphatic hydroxyl groups is 2. The summed E-state index contributed by atoms with van der Waals surface area (Å²) < 4.78 is 14.4. The first kappa shape index (κ1) is 39.8. The van der Waals surface area contributed by atoms with Crippen molar-refractivity contribution in [1.82, 2.24) is 10.6 Å². The summed E-state index contributed by atoms with van der Waals surface area (Å²) in [6.45, 7) is 15.7. The van der Waals surface area contributed by atoms with Gasteiger partial charge in [-0.05, 0) is 73.3 Å². The molecular formula is C32H50Cl2FN3O4. The van der Waals surface area contributed by atoms with Crippen LogP contribution in [0.2, 0.25) is 5.02 Å². The minimum Gasteiger partial charge on any atom is -0.396 e. The average molecular weight is 631 g/mol. The average Bonchev–Trinajstić information content (AvgIpc) is 3.33. The van der Waals surface area contributed by atoms with E-state index in [0.717, 1.165) is 24.9 Å². The third kappa shape index (κ3) is 15.3. The van der Waals surface area contributed by atoms with E-state index in [-0.39, 0.29) is 47.4 Å². The fourth-order valence-electron chi connectivity index (χ4n) is 4.88. The molecule has 0 radical (unpaired) electrons. The number of hydrogen-bond acceptors (Lipinski definition) is 5. The molecule has 0 saturated carbocycles. The van der Waals surface area contributed by atoms with Crippen LogP contribution in [0.1, 0.15) is 71.8 Å². The molecule has 7 nitrogen and oxygen atoms in total. The molecule has 0 unspecified atom stereocenters. The number of carbonyl (C=O) groups excluding carboxylic acids is 2. The van der Waals surface area contributed by atoms with Gasteiger partial charge in [0.2, 0.25) is 12.8 Å². The summed E-state index contributed by atoms with van der Waals surface area (Å²) in [5.74, 6) is -0.0149. The topological polar surface area (TPSA) is 111 Å². The highest BCUT2D eigenvalue weighted by molar-refractivity contribution is 6.31. The normalized spacial score (nSPS) is 18.5. The van der Waals surface area contributed by atoms with Gasteiger partial charge in [0.15, 0.2) is 0 Å². The monoisotopic (exact) mass is 629 g/mol. The highest BCUT2D eigenvalue weighted by Crippen LogP contribution is 2.43. The molecule has 0 spiro atoms. The first-order valence-electron chi connectivity index (χ1n) is 14.5. The number of benzene rings is 1. The first-order valence-corrected chi connectivity index (χ1v) is 15.2. The van der Waals surface area contributed by atoms with Gasteiger partial charge >= 0.3 is 0 Å². The standard InChI is InChI=1S/C23H29Cl2FN2O.C7H15NO3.C2H6/c1-5-16(24)9-7-6-8-15-13-27-21(12-23(2,3)4)22(15)17-10-19(26)18(25)11-20(17)28-14-29;9-3-1-7(2-4-10)5-8-6-11;1-2/h5-7,9-11,14-15,21-22,27H,1,8,12-13H2,2-4H3,(H,28,29);6-7,9-10H,1-5H2,(H,8,11);1-2H3/b7-6-,16-9+;;/t15-,21+,22+;;/m0../s1. The van der Waals surface area contributed by atoms with Gasteiger partial charge in [-0.15, -0.1) is 0 Å². The van der Waals surface area contributed by atoms with Crippen molar-refractivity contribution in [2.75, 3.05) is 31.6 Å². The molecule has 42 heavy (non-hydrogen) atoms. The minimum absolute atomic E-state index is 0.00271. The van der Waals surface area contributed by atoms with Crippen molar-refractivity contribution in [1.29, 1.82) is 0 Å². The SMILES string of the molecule is C=C/C(Cl)=C\C=C/C[C@H]1CN[C@H](CC(C)(C)C)[C@H]1c1cc(F)c(Cl)cc1NC=O.CC.O=CNCC(CCO)CCO. The van der Waals surface area contributed by atoms with Crippen LogP contribution in [0.15, 0.2) is 48.0 Å². The van der Waals surface area contributed by atoms with Crippen LogP contribution in [0, 0.1) is 23.1 Å².